The van der Waals surface area contributed by atoms with E-state index in [-0.39, 0.29) is 25.2 Å². The smallest absolute Gasteiger partial charge is 0.417 e. The van der Waals surface area contributed by atoms with Crippen molar-refractivity contribution in [2.24, 2.45) is 5.92 Å². The molecule has 1 aromatic carbocycles. The number of ether oxygens (including phenoxy) is 2. The molecular weight excluding hydrogens is 286 g/mol. The summed E-state index contributed by atoms with van der Waals surface area (Å²) in [7, 11) is 1.53. The lowest BCUT2D eigenvalue weighted by atomic mass is 9.96. The van der Waals surface area contributed by atoms with E-state index in [2.05, 4.69) is 0 Å². The lowest BCUT2D eigenvalue weighted by Crippen LogP contribution is -2.44. The van der Waals surface area contributed by atoms with Crippen LogP contribution in [0.1, 0.15) is 25.3 Å². The highest BCUT2D eigenvalue weighted by atomic mass is 16.6. The van der Waals surface area contributed by atoms with Gasteiger partial charge in [0.05, 0.1) is 25.7 Å². The molecule has 0 aliphatic carbocycles. The van der Waals surface area contributed by atoms with Gasteiger partial charge in [0.2, 0.25) is 5.91 Å². The van der Waals surface area contributed by atoms with Crippen LogP contribution in [-0.4, -0.2) is 48.4 Å². The predicted molar refractivity (Wildman–Crippen MR) is 79.6 cm³/mol. The van der Waals surface area contributed by atoms with Crippen LogP contribution in [0.5, 0.6) is 5.75 Å². The summed E-state index contributed by atoms with van der Waals surface area (Å²) in [6.07, 6.45) is -0.648. The molecule has 0 unspecified atom stereocenters. The maximum absolute atomic E-state index is 12.7. The minimum absolute atomic E-state index is 0.0834. The molecule has 0 spiro atoms. The Bertz CT molecular complexity index is 557. The zero-order chi connectivity index (χ0) is 16.3. The molecule has 2 atom stereocenters. The van der Waals surface area contributed by atoms with Gasteiger partial charge in [-0.2, -0.15) is 0 Å². The summed E-state index contributed by atoms with van der Waals surface area (Å²) in [4.78, 5) is 25.7. The quantitative estimate of drug-likeness (QED) is 0.897. The van der Waals surface area contributed by atoms with Crippen molar-refractivity contribution < 1.29 is 24.2 Å². The van der Waals surface area contributed by atoms with E-state index in [4.69, 9.17) is 9.47 Å². The Morgan fingerprint density at radius 1 is 1.50 bits per heavy atom. The monoisotopic (exact) mass is 307 g/mol. The van der Waals surface area contributed by atoms with Crippen molar-refractivity contribution in [3.63, 3.8) is 0 Å². The van der Waals surface area contributed by atoms with Crippen molar-refractivity contribution in [3.8, 4) is 5.75 Å². The molecule has 0 radical (unpaired) electrons. The van der Waals surface area contributed by atoms with Crippen LogP contribution in [0.25, 0.3) is 0 Å². The van der Waals surface area contributed by atoms with Gasteiger partial charge in [0.25, 0.3) is 0 Å². The van der Waals surface area contributed by atoms with E-state index in [9.17, 15) is 14.7 Å². The van der Waals surface area contributed by atoms with Crippen LogP contribution in [0.15, 0.2) is 24.3 Å². The van der Waals surface area contributed by atoms with Crippen molar-refractivity contribution >= 4 is 12.0 Å². The molecule has 0 saturated carbocycles. The molecule has 6 heteroatoms. The summed E-state index contributed by atoms with van der Waals surface area (Å²) in [6.45, 7) is 3.65. The molecule has 22 heavy (non-hydrogen) atoms. The van der Waals surface area contributed by atoms with Gasteiger partial charge in [0.1, 0.15) is 12.4 Å². The van der Waals surface area contributed by atoms with E-state index in [1.807, 2.05) is 13.8 Å². The van der Waals surface area contributed by atoms with Crippen molar-refractivity contribution in [1.29, 1.82) is 0 Å². The molecule has 1 aromatic rings. The second-order valence-corrected chi connectivity index (χ2v) is 5.61. The number of rotatable bonds is 5. The first-order valence-electron chi connectivity index (χ1n) is 7.24. The zero-order valence-electron chi connectivity index (χ0n) is 13.0. The molecule has 0 bridgehead atoms. The molecule has 0 aromatic heterocycles. The largest absolute Gasteiger partial charge is 0.497 e. The highest BCUT2D eigenvalue weighted by Gasteiger charge is 2.42. The predicted octanol–water partition coefficient (Wildman–Crippen LogP) is 1.77. The summed E-state index contributed by atoms with van der Waals surface area (Å²) in [5.74, 6) is -0.591. The molecule has 120 valence electrons. The molecular formula is C16H21NO5. The summed E-state index contributed by atoms with van der Waals surface area (Å²) >= 11 is 0. The van der Waals surface area contributed by atoms with Gasteiger partial charge in [-0.25, -0.2) is 9.69 Å². The van der Waals surface area contributed by atoms with Crippen LogP contribution in [-0.2, 0) is 9.53 Å². The molecule has 2 rings (SSSR count). The lowest BCUT2D eigenvalue weighted by molar-refractivity contribution is -0.132. The molecule has 1 saturated heterocycles. The lowest BCUT2D eigenvalue weighted by Gasteiger charge is -2.26. The van der Waals surface area contributed by atoms with E-state index >= 15 is 0 Å². The summed E-state index contributed by atoms with van der Waals surface area (Å²) < 4.78 is 10.1. The first-order valence-corrected chi connectivity index (χ1v) is 7.24. The fourth-order valence-corrected chi connectivity index (χ4v) is 2.53. The Kier molecular flexibility index (Phi) is 5.03. The van der Waals surface area contributed by atoms with Crippen LogP contribution in [0.3, 0.4) is 0 Å². The van der Waals surface area contributed by atoms with Gasteiger partial charge >= 0.3 is 6.09 Å². The van der Waals surface area contributed by atoms with E-state index in [1.54, 1.807) is 24.3 Å². The van der Waals surface area contributed by atoms with Gasteiger partial charge in [0, 0.05) is 0 Å². The van der Waals surface area contributed by atoms with Gasteiger partial charge < -0.3 is 14.6 Å². The summed E-state index contributed by atoms with van der Waals surface area (Å²) in [5, 5.41) is 9.64. The van der Waals surface area contributed by atoms with Crippen LogP contribution in [0.4, 0.5) is 4.79 Å². The molecule has 2 amide bonds. The molecule has 1 fully saturated rings. The Hall–Kier alpha value is -2.08. The number of aliphatic hydroxyl groups is 1. The van der Waals surface area contributed by atoms with Crippen molar-refractivity contribution in [3.05, 3.63) is 29.8 Å². The number of carbonyl (C=O) groups is 2. The number of aliphatic hydroxyl groups excluding tert-OH is 1. The number of benzene rings is 1. The summed E-state index contributed by atoms with van der Waals surface area (Å²) in [6, 6.07) is 6.60. The van der Waals surface area contributed by atoms with E-state index < -0.39 is 17.9 Å². The highest BCUT2D eigenvalue weighted by molar-refractivity contribution is 5.97. The number of imide groups is 1. The number of nitrogens with zero attached hydrogens (tertiary/aromatic N) is 1. The molecule has 1 heterocycles. The molecule has 1 aliphatic rings. The van der Waals surface area contributed by atoms with Gasteiger partial charge in [-0.1, -0.05) is 26.0 Å². The fourth-order valence-electron chi connectivity index (χ4n) is 2.53. The number of cyclic esters (lactones) is 1. The van der Waals surface area contributed by atoms with Crippen LogP contribution >= 0.6 is 0 Å². The van der Waals surface area contributed by atoms with Gasteiger partial charge in [-0.05, 0) is 23.6 Å². The van der Waals surface area contributed by atoms with Gasteiger partial charge in [-0.3, -0.25) is 4.79 Å². The number of carbonyl (C=O) groups excluding carboxylic acids is 2. The average Bonchev–Trinajstić information content (AvgIpc) is 2.90. The standard InChI is InChI=1S/C16H21NO5/c1-10(2)14-9-22-16(20)17(14)15(19)13(8-18)11-5-4-6-12(7-11)21-3/h4-7,10,13-14,18H,8-9H2,1-3H3/t13-,14+/m1/s1. The maximum atomic E-state index is 12.7. The number of amides is 2. The van der Waals surface area contributed by atoms with Crippen molar-refractivity contribution in [2.45, 2.75) is 25.8 Å². The normalized spacial score (nSPS) is 19.2. The average molecular weight is 307 g/mol. The number of hydrogen-bond donors (Lipinski definition) is 1. The number of methoxy groups -OCH3 is 1. The zero-order valence-corrected chi connectivity index (χ0v) is 13.0. The van der Waals surface area contributed by atoms with E-state index in [1.165, 1.54) is 7.11 Å². The Morgan fingerprint density at radius 2 is 2.23 bits per heavy atom. The van der Waals surface area contributed by atoms with Crippen molar-refractivity contribution in [2.75, 3.05) is 20.3 Å². The fraction of sp³-hybridized carbons (Fsp3) is 0.500. The second-order valence-electron chi connectivity index (χ2n) is 5.61. The minimum atomic E-state index is -0.818. The van der Waals surface area contributed by atoms with Crippen LogP contribution in [0.2, 0.25) is 0 Å². The van der Waals surface area contributed by atoms with Crippen LogP contribution in [0, 0.1) is 5.92 Å². The Morgan fingerprint density at radius 3 is 2.82 bits per heavy atom. The number of hydrogen-bond acceptors (Lipinski definition) is 5. The maximum Gasteiger partial charge on any atom is 0.417 e. The third kappa shape index (κ3) is 3.06. The Balaban J connectivity index is 2.29. The molecule has 1 aliphatic heterocycles. The minimum Gasteiger partial charge on any atom is -0.497 e. The van der Waals surface area contributed by atoms with Crippen molar-refractivity contribution in [1.82, 2.24) is 4.90 Å². The van der Waals surface area contributed by atoms with E-state index in [0.29, 0.717) is 11.3 Å². The van der Waals surface area contributed by atoms with Crippen LogP contribution < -0.4 is 4.74 Å². The van der Waals surface area contributed by atoms with Gasteiger partial charge in [0.15, 0.2) is 0 Å². The molecule has 6 nitrogen and oxygen atoms in total. The van der Waals surface area contributed by atoms with E-state index in [0.717, 1.165) is 4.90 Å². The highest BCUT2D eigenvalue weighted by Crippen LogP contribution is 2.27. The third-order valence-electron chi connectivity index (χ3n) is 3.89. The summed E-state index contributed by atoms with van der Waals surface area (Å²) in [5.41, 5.74) is 0.606. The third-order valence-corrected chi connectivity index (χ3v) is 3.89. The topological polar surface area (TPSA) is 76.1 Å². The second kappa shape index (κ2) is 6.79. The SMILES string of the molecule is COc1cccc([C@@H](CO)C(=O)N2C(=O)OC[C@H]2C(C)C)c1. The first-order chi connectivity index (χ1) is 10.5. The Labute approximate surface area is 129 Å². The molecule has 1 N–H and O–H groups in total. The first kappa shape index (κ1) is 16.3. The van der Waals surface area contributed by atoms with Gasteiger partial charge in [-0.15, -0.1) is 0 Å².